The topological polar surface area (TPSA) is 36.3 Å². The lowest BCUT2D eigenvalue weighted by molar-refractivity contribution is 0.125. The van der Waals surface area contributed by atoms with E-state index >= 15 is 0 Å². The van der Waals surface area contributed by atoms with Gasteiger partial charge >= 0.3 is 0 Å². The minimum absolute atomic E-state index is 0.463. The molecule has 1 heterocycles. The molecule has 18 heavy (non-hydrogen) atoms. The summed E-state index contributed by atoms with van der Waals surface area (Å²) in [7, 11) is 2.13. The number of nitrogens with zero attached hydrogens (tertiary/aromatic N) is 2. The second kappa shape index (κ2) is 6.08. The number of piperidine rings is 1. The van der Waals surface area contributed by atoms with Gasteiger partial charge in [-0.3, -0.25) is 0 Å². The molecule has 0 aliphatic carbocycles. The molecule has 2 rings (SSSR count). The highest BCUT2D eigenvalue weighted by molar-refractivity contribution is 6.32. The van der Waals surface area contributed by atoms with Gasteiger partial charge in [0, 0.05) is 6.04 Å². The zero-order valence-electron chi connectivity index (χ0n) is 10.5. The van der Waals surface area contributed by atoms with Crippen molar-refractivity contribution in [3.05, 3.63) is 28.8 Å². The molecule has 1 atom stereocenters. The number of rotatable bonds is 3. The van der Waals surface area contributed by atoms with Crippen molar-refractivity contribution in [2.24, 2.45) is 0 Å². The smallest absolute Gasteiger partial charge is 0.138 e. The lowest BCUT2D eigenvalue weighted by atomic mass is 10.0. The van der Waals surface area contributed by atoms with Crippen LogP contribution in [0.1, 0.15) is 24.8 Å². The number of halogens is 1. The Morgan fingerprint density at radius 1 is 1.50 bits per heavy atom. The molecule has 1 aromatic rings. The standard InChI is InChI=1S/C14H17ClN2O/c1-17-7-3-2-4-12(17)10-18-14-6-5-11(9-16)8-13(14)15/h5-6,8,12H,2-4,7,10H2,1H3. The first-order valence-electron chi connectivity index (χ1n) is 6.23. The summed E-state index contributed by atoms with van der Waals surface area (Å²) in [6.45, 7) is 1.79. The first-order valence-corrected chi connectivity index (χ1v) is 6.61. The zero-order chi connectivity index (χ0) is 13.0. The van der Waals surface area contributed by atoms with E-state index in [0.717, 1.165) is 6.54 Å². The zero-order valence-corrected chi connectivity index (χ0v) is 11.3. The van der Waals surface area contributed by atoms with Gasteiger partial charge in [-0.05, 0) is 44.6 Å². The third-order valence-electron chi connectivity index (χ3n) is 3.41. The van der Waals surface area contributed by atoms with Crippen LogP contribution in [0.5, 0.6) is 5.75 Å². The molecule has 0 aromatic heterocycles. The van der Waals surface area contributed by atoms with Crippen LogP contribution in [-0.2, 0) is 0 Å². The predicted octanol–water partition coefficient (Wildman–Crippen LogP) is 3.07. The van der Waals surface area contributed by atoms with Gasteiger partial charge in [-0.2, -0.15) is 5.26 Å². The number of likely N-dealkylation sites (N-methyl/N-ethyl adjacent to an activating group) is 1. The van der Waals surface area contributed by atoms with E-state index in [1.54, 1.807) is 18.2 Å². The quantitative estimate of drug-likeness (QED) is 0.842. The van der Waals surface area contributed by atoms with Crippen LogP contribution in [0.4, 0.5) is 0 Å². The van der Waals surface area contributed by atoms with Gasteiger partial charge < -0.3 is 9.64 Å². The van der Waals surface area contributed by atoms with Crippen LogP contribution < -0.4 is 4.74 Å². The van der Waals surface area contributed by atoms with E-state index in [-0.39, 0.29) is 0 Å². The van der Waals surface area contributed by atoms with Crippen molar-refractivity contribution in [3.8, 4) is 11.8 Å². The van der Waals surface area contributed by atoms with Crippen molar-refractivity contribution in [2.75, 3.05) is 20.2 Å². The molecule has 1 saturated heterocycles. The van der Waals surface area contributed by atoms with Crippen molar-refractivity contribution in [1.29, 1.82) is 5.26 Å². The number of hydrogen-bond donors (Lipinski definition) is 0. The van der Waals surface area contributed by atoms with Crippen LogP contribution in [0.3, 0.4) is 0 Å². The van der Waals surface area contributed by atoms with Crippen molar-refractivity contribution in [1.82, 2.24) is 4.90 Å². The molecule has 0 saturated carbocycles. The molecule has 1 aliphatic heterocycles. The second-order valence-electron chi connectivity index (χ2n) is 4.70. The van der Waals surface area contributed by atoms with Crippen LogP contribution in [-0.4, -0.2) is 31.1 Å². The fourth-order valence-electron chi connectivity index (χ4n) is 2.23. The first-order chi connectivity index (χ1) is 8.70. The monoisotopic (exact) mass is 264 g/mol. The van der Waals surface area contributed by atoms with Crippen molar-refractivity contribution in [3.63, 3.8) is 0 Å². The maximum atomic E-state index is 8.77. The summed E-state index contributed by atoms with van der Waals surface area (Å²) in [6, 6.07) is 7.66. The molecule has 96 valence electrons. The van der Waals surface area contributed by atoms with Crippen molar-refractivity contribution < 1.29 is 4.74 Å². The van der Waals surface area contributed by atoms with Gasteiger partial charge in [0.2, 0.25) is 0 Å². The van der Waals surface area contributed by atoms with Crippen LogP contribution in [0.25, 0.3) is 0 Å². The Labute approximate surface area is 113 Å². The highest BCUT2D eigenvalue weighted by Gasteiger charge is 2.19. The molecule has 0 bridgehead atoms. The number of hydrogen-bond acceptors (Lipinski definition) is 3. The molecule has 1 aromatic carbocycles. The summed E-state index contributed by atoms with van der Waals surface area (Å²) < 4.78 is 5.76. The Bertz CT molecular complexity index is 456. The normalized spacial score (nSPS) is 20.4. The van der Waals surface area contributed by atoms with Crippen LogP contribution in [0.15, 0.2) is 18.2 Å². The fraction of sp³-hybridized carbons (Fsp3) is 0.500. The molecule has 0 spiro atoms. The Hall–Kier alpha value is -1.24. The average molecular weight is 265 g/mol. The number of likely N-dealkylation sites (tertiary alicyclic amines) is 1. The molecule has 3 nitrogen and oxygen atoms in total. The molecule has 1 fully saturated rings. The van der Waals surface area contributed by atoms with E-state index in [9.17, 15) is 0 Å². The Balaban J connectivity index is 1.95. The van der Waals surface area contributed by atoms with Gasteiger partial charge in [-0.15, -0.1) is 0 Å². The molecule has 4 heteroatoms. The maximum Gasteiger partial charge on any atom is 0.138 e. The lowest BCUT2D eigenvalue weighted by Crippen LogP contribution is -2.40. The molecular weight excluding hydrogens is 248 g/mol. The largest absolute Gasteiger partial charge is 0.490 e. The third-order valence-corrected chi connectivity index (χ3v) is 3.71. The predicted molar refractivity (Wildman–Crippen MR) is 71.9 cm³/mol. The minimum Gasteiger partial charge on any atom is -0.490 e. The molecule has 0 N–H and O–H groups in total. The van der Waals surface area contributed by atoms with Gasteiger partial charge in [-0.1, -0.05) is 18.0 Å². The fourth-order valence-corrected chi connectivity index (χ4v) is 2.46. The molecule has 0 radical (unpaired) electrons. The minimum atomic E-state index is 0.463. The van der Waals surface area contributed by atoms with E-state index in [1.807, 2.05) is 0 Å². The van der Waals surface area contributed by atoms with E-state index in [2.05, 4.69) is 18.0 Å². The van der Waals surface area contributed by atoms with Crippen LogP contribution in [0.2, 0.25) is 5.02 Å². The maximum absolute atomic E-state index is 8.77. The molecular formula is C14H17ClN2O. The summed E-state index contributed by atoms with van der Waals surface area (Å²) in [6.07, 6.45) is 3.70. The summed E-state index contributed by atoms with van der Waals surface area (Å²) in [4.78, 5) is 2.33. The van der Waals surface area contributed by atoms with E-state index in [0.29, 0.717) is 29.0 Å². The van der Waals surface area contributed by atoms with Gasteiger partial charge in [0.1, 0.15) is 12.4 Å². The molecule has 1 aliphatic rings. The van der Waals surface area contributed by atoms with Gasteiger partial charge in [0.05, 0.1) is 16.7 Å². The summed E-state index contributed by atoms with van der Waals surface area (Å²) in [5, 5.41) is 9.27. The number of ether oxygens (including phenoxy) is 1. The van der Waals surface area contributed by atoms with E-state index in [1.165, 1.54) is 19.3 Å². The van der Waals surface area contributed by atoms with Gasteiger partial charge in [-0.25, -0.2) is 0 Å². The highest BCUT2D eigenvalue weighted by Crippen LogP contribution is 2.26. The lowest BCUT2D eigenvalue weighted by Gasteiger charge is -2.32. The van der Waals surface area contributed by atoms with E-state index < -0.39 is 0 Å². The SMILES string of the molecule is CN1CCCCC1COc1ccc(C#N)cc1Cl. The number of benzene rings is 1. The van der Waals surface area contributed by atoms with Crippen LogP contribution >= 0.6 is 11.6 Å². The number of nitriles is 1. The Morgan fingerprint density at radius 3 is 3.00 bits per heavy atom. The van der Waals surface area contributed by atoms with Crippen molar-refractivity contribution >= 4 is 11.6 Å². The van der Waals surface area contributed by atoms with Crippen LogP contribution in [0, 0.1) is 11.3 Å². The van der Waals surface area contributed by atoms with Gasteiger partial charge in [0.15, 0.2) is 0 Å². The Morgan fingerprint density at radius 2 is 2.33 bits per heavy atom. The average Bonchev–Trinajstić information content (AvgIpc) is 2.39. The highest BCUT2D eigenvalue weighted by atomic mass is 35.5. The molecule has 1 unspecified atom stereocenters. The first kappa shape index (κ1) is 13.2. The summed E-state index contributed by atoms with van der Waals surface area (Å²) >= 11 is 6.07. The second-order valence-corrected chi connectivity index (χ2v) is 5.11. The van der Waals surface area contributed by atoms with Crippen molar-refractivity contribution in [2.45, 2.75) is 25.3 Å². The van der Waals surface area contributed by atoms with E-state index in [4.69, 9.17) is 21.6 Å². The Kier molecular flexibility index (Phi) is 4.46. The summed E-state index contributed by atoms with van der Waals surface area (Å²) in [5.41, 5.74) is 0.558. The third kappa shape index (κ3) is 3.16. The van der Waals surface area contributed by atoms with Gasteiger partial charge in [0.25, 0.3) is 0 Å². The summed E-state index contributed by atoms with van der Waals surface area (Å²) in [5.74, 6) is 0.662. The molecule has 0 amide bonds.